The molecule has 2 saturated heterocycles. The van der Waals surface area contributed by atoms with Crippen LogP contribution in [0.4, 0.5) is 5.13 Å². The van der Waals surface area contributed by atoms with Crippen LogP contribution in [0.1, 0.15) is 38.2 Å². The van der Waals surface area contributed by atoms with Crippen molar-refractivity contribution in [1.29, 1.82) is 0 Å². The SMILES string of the molecule is CCOc1ccc2nc(N(CC3CCCO3)C(=O)C3CCCN(S(=O)(=O)c4ccc(C)cc4)C3)sc2c1. The molecule has 2 aliphatic heterocycles. The van der Waals surface area contributed by atoms with E-state index in [0.717, 1.165) is 34.4 Å². The number of ether oxygens (including phenoxy) is 2. The number of nitrogens with zero attached hydrogens (tertiary/aromatic N) is 3. The van der Waals surface area contributed by atoms with Gasteiger partial charge in [-0.05, 0) is 69.9 Å². The molecule has 1 amide bonds. The molecule has 5 rings (SSSR count). The van der Waals surface area contributed by atoms with Crippen LogP contribution in [0, 0.1) is 12.8 Å². The topological polar surface area (TPSA) is 89.0 Å². The molecule has 3 heterocycles. The summed E-state index contributed by atoms with van der Waals surface area (Å²) in [7, 11) is -3.68. The number of carbonyl (C=O) groups is 1. The Kier molecular flexibility index (Phi) is 7.80. The third kappa shape index (κ3) is 5.67. The molecule has 2 fully saturated rings. The Morgan fingerprint density at radius 3 is 2.73 bits per heavy atom. The Morgan fingerprint density at radius 1 is 1.19 bits per heavy atom. The number of hydrogen-bond donors (Lipinski definition) is 0. The maximum atomic E-state index is 14.0. The first-order chi connectivity index (χ1) is 17.8. The summed E-state index contributed by atoms with van der Waals surface area (Å²) in [5.74, 6) is 0.233. The maximum Gasteiger partial charge on any atom is 0.243 e. The molecule has 2 aromatic carbocycles. The summed E-state index contributed by atoms with van der Waals surface area (Å²) in [5, 5.41) is 0.614. The minimum absolute atomic E-state index is 0.0501. The largest absolute Gasteiger partial charge is 0.494 e. The molecule has 2 unspecified atom stereocenters. The zero-order valence-corrected chi connectivity index (χ0v) is 22.9. The molecule has 2 aliphatic rings. The fourth-order valence-electron chi connectivity index (χ4n) is 4.96. The Hall–Kier alpha value is -2.53. The smallest absolute Gasteiger partial charge is 0.243 e. The van der Waals surface area contributed by atoms with E-state index in [1.807, 2.05) is 32.0 Å². The van der Waals surface area contributed by atoms with Gasteiger partial charge in [0.15, 0.2) is 5.13 Å². The van der Waals surface area contributed by atoms with Crippen molar-refractivity contribution in [1.82, 2.24) is 9.29 Å². The van der Waals surface area contributed by atoms with Crippen LogP contribution in [0.2, 0.25) is 0 Å². The highest BCUT2D eigenvalue weighted by Gasteiger charge is 2.37. The molecule has 2 atom stereocenters. The standard InChI is InChI=1S/C27H33N3O5S2/c1-3-34-21-10-13-24-25(16-21)36-27(28-24)30(18-22-7-5-15-35-22)26(31)20-6-4-14-29(17-20)37(32,33)23-11-8-19(2)9-12-23/h8-13,16,20,22H,3-7,14-15,17-18H2,1-2H3. The van der Waals surface area contributed by atoms with Gasteiger partial charge in [0.2, 0.25) is 15.9 Å². The van der Waals surface area contributed by atoms with Crippen LogP contribution in [-0.2, 0) is 19.6 Å². The average molecular weight is 544 g/mol. The molecule has 198 valence electrons. The molecule has 0 radical (unpaired) electrons. The minimum Gasteiger partial charge on any atom is -0.494 e. The van der Waals surface area contributed by atoms with E-state index in [-0.39, 0.29) is 23.5 Å². The van der Waals surface area contributed by atoms with Crippen molar-refractivity contribution in [3.05, 3.63) is 48.0 Å². The third-order valence-corrected chi connectivity index (χ3v) is 9.88. The lowest BCUT2D eigenvalue weighted by Crippen LogP contribution is -2.48. The number of piperidine rings is 1. The Bertz CT molecular complexity index is 1350. The van der Waals surface area contributed by atoms with Crippen molar-refractivity contribution in [3.8, 4) is 5.75 Å². The van der Waals surface area contributed by atoms with E-state index in [4.69, 9.17) is 14.5 Å². The highest BCUT2D eigenvalue weighted by Crippen LogP contribution is 2.34. The fourth-order valence-corrected chi connectivity index (χ4v) is 7.49. The first-order valence-corrected chi connectivity index (χ1v) is 15.1. The number of thiazole rings is 1. The van der Waals surface area contributed by atoms with Gasteiger partial charge in [-0.15, -0.1) is 0 Å². The monoisotopic (exact) mass is 543 g/mol. The highest BCUT2D eigenvalue weighted by molar-refractivity contribution is 7.89. The lowest BCUT2D eigenvalue weighted by atomic mass is 9.98. The van der Waals surface area contributed by atoms with Crippen LogP contribution in [-0.4, -0.2) is 62.6 Å². The minimum atomic E-state index is -3.68. The van der Waals surface area contributed by atoms with Gasteiger partial charge in [0.25, 0.3) is 0 Å². The molecule has 0 aliphatic carbocycles. The Labute approximate surface area is 222 Å². The van der Waals surface area contributed by atoms with Gasteiger partial charge in [0, 0.05) is 19.7 Å². The molecule has 37 heavy (non-hydrogen) atoms. The number of aryl methyl sites for hydroxylation is 1. The van der Waals surface area contributed by atoms with Crippen LogP contribution in [0.3, 0.4) is 0 Å². The van der Waals surface area contributed by atoms with Crippen molar-refractivity contribution < 1.29 is 22.7 Å². The fraction of sp³-hybridized carbons (Fsp3) is 0.481. The van der Waals surface area contributed by atoms with Gasteiger partial charge in [0.1, 0.15) is 5.75 Å². The zero-order valence-electron chi connectivity index (χ0n) is 21.3. The van der Waals surface area contributed by atoms with Gasteiger partial charge in [0.05, 0.1) is 40.3 Å². The number of aromatic nitrogens is 1. The molecule has 0 saturated carbocycles. The predicted octanol–water partition coefficient (Wildman–Crippen LogP) is 4.62. The van der Waals surface area contributed by atoms with Crippen molar-refractivity contribution in [2.75, 3.05) is 37.7 Å². The van der Waals surface area contributed by atoms with Crippen molar-refractivity contribution in [2.24, 2.45) is 5.92 Å². The van der Waals surface area contributed by atoms with E-state index in [1.54, 1.807) is 29.2 Å². The van der Waals surface area contributed by atoms with Gasteiger partial charge in [-0.2, -0.15) is 4.31 Å². The van der Waals surface area contributed by atoms with Crippen LogP contribution in [0.5, 0.6) is 5.75 Å². The Balaban J connectivity index is 1.41. The number of sulfonamides is 1. The number of fused-ring (bicyclic) bond motifs is 1. The van der Waals surface area contributed by atoms with Crippen LogP contribution >= 0.6 is 11.3 Å². The lowest BCUT2D eigenvalue weighted by Gasteiger charge is -2.34. The molecule has 1 aromatic heterocycles. The maximum absolute atomic E-state index is 14.0. The summed E-state index contributed by atoms with van der Waals surface area (Å²) in [6.45, 7) is 6.12. The number of anilines is 1. The number of benzene rings is 2. The number of hydrogen-bond acceptors (Lipinski definition) is 7. The van der Waals surface area contributed by atoms with Crippen LogP contribution in [0.15, 0.2) is 47.4 Å². The number of rotatable bonds is 8. The number of carbonyl (C=O) groups excluding carboxylic acids is 1. The number of amides is 1. The molecular formula is C27H33N3O5S2. The van der Waals surface area contributed by atoms with Gasteiger partial charge >= 0.3 is 0 Å². The summed E-state index contributed by atoms with van der Waals surface area (Å²) in [5.41, 5.74) is 1.81. The Morgan fingerprint density at radius 2 is 2.00 bits per heavy atom. The van der Waals surface area contributed by atoms with Crippen molar-refractivity contribution in [3.63, 3.8) is 0 Å². The first kappa shape index (κ1) is 26.1. The second-order valence-electron chi connectivity index (χ2n) is 9.66. The van der Waals surface area contributed by atoms with E-state index in [9.17, 15) is 13.2 Å². The van der Waals surface area contributed by atoms with E-state index in [0.29, 0.717) is 44.3 Å². The molecule has 0 spiro atoms. The quantitative estimate of drug-likeness (QED) is 0.412. The molecular weight excluding hydrogens is 510 g/mol. The normalized spacial score (nSPS) is 20.8. The van der Waals surface area contributed by atoms with Gasteiger partial charge in [-0.3, -0.25) is 9.69 Å². The summed E-state index contributed by atoms with van der Waals surface area (Å²) in [4.78, 5) is 20.7. The van der Waals surface area contributed by atoms with E-state index < -0.39 is 15.9 Å². The summed E-state index contributed by atoms with van der Waals surface area (Å²) >= 11 is 1.45. The molecule has 3 aromatic rings. The second-order valence-corrected chi connectivity index (χ2v) is 12.6. The predicted molar refractivity (Wildman–Crippen MR) is 145 cm³/mol. The van der Waals surface area contributed by atoms with Gasteiger partial charge in [-0.1, -0.05) is 29.0 Å². The van der Waals surface area contributed by atoms with Crippen molar-refractivity contribution in [2.45, 2.75) is 50.5 Å². The van der Waals surface area contributed by atoms with Crippen molar-refractivity contribution >= 4 is 42.6 Å². The molecule has 0 N–H and O–H groups in total. The molecule has 0 bridgehead atoms. The summed E-state index contributed by atoms with van der Waals surface area (Å²) in [6, 6.07) is 12.6. The summed E-state index contributed by atoms with van der Waals surface area (Å²) in [6.07, 6.45) is 3.08. The summed E-state index contributed by atoms with van der Waals surface area (Å²) < 4.78 is 40.6. The van der Waals surface area contributed by atoms with E-state index in [1.165, 1.54) is 15.6 Å². The second kappa shape index (κ2) is 11.1. The van der Waals surface area contributed by atoms with Crippen LogP contribution < -0.4 is 9.64 Å². The van der Waals surface area contributed by atoms with E-state index in [2.05, 4.69) is 0 Å². The average Bonchev–Trinajstić information content (AvgIpc) is 3.57. The highest BCUT2D eigenvalue weighted by atomic mass is 32.2. The lowest BCUT2D eigenvalue weighted by molar-refractivity contribution is -0.123. The van der Waals surface area contributed by atoms with Crippen LogP contribution in [0.25, 0.3) is 10.2 Å². The van der Waals surface area contributed by atoms with Gasteiger partial charge < -0.3 is 9.47 Å². The van der Waals surface area contributed by atoms with E-state index >= 15 is 0 Å². The molecule has 8 nitrogen and oxygen atoms in total. The third-order valence-electron chi connectivity index (χ3n) is 6.96. The van der Waals surface area contributed by atoms with Gasteiger partial charge in [-0.25, -0.2) is 13.4 Å². The molecule has 10 heteroatoms. The zero-order chi connectivity index (χ0) is 26.0. The first-order valence-electron chi connectivity index (χ1n) is 12.9.